The van der Waals surface area contributed by atoms with Crippen LogP contribution in [0.5, 0.6) is 0 Å². The molecule has 0 amide bonds. The van der Waals surface area contributed by atoms with E-state index in [9.17, 15) is 0 Å². The van der Waals surface area contributed by atoms with Gasteiger partial charge in [-0.1, -0.05) is 243 Å². The van der Waals surface area contributed by atoms with Gasteiger partial charge < -0.3 is 8.83 Å². The van der Waals surface area contributed by atoms with E-state index >= 15 is 0 Å². The number of rotatable bonds is 7. The summed E-state index contributed by atoms with van der Waals surface area (Å²) in [5.74, 6) is 0. The van der Waals surface area contributed by atoms with Crippen LogP contribution in [0.2, 0.25) is 0 Å². The standard InChI is InChI=1S/C80H48O2/c1-2-17-49(18-3-1)50-33-35-52(36-34-50)77-65-26-8-9-27-66(65)78(55-39-41-62-60-23-12-14-31-73(60)81-75(62)47-55)71-45-53(37-43-69(71)77)54-38-44-70-72(46-54)79(56-40-42-63-61-24-13-15-32-74(61)82-76(63)48-56)67-28-10-11-29-68(67)80(70)64-25-7-6-22-59(64)58-30-16-20-51-19-4-5-21-57(51)58/h1-48H. The Labute approximate surface area is 473 Å². The molecule has 380 valence electrons. The molecule has 0 saturated carbocycles. The largest absolute Gasteiger partial charge is 0.456 e. The van der Waals surface area contributed by atoms with Crippen LogP contribution in [0.25, 0.3) is 176 Å². The first-order valence-electron chi connectivity index (χ1n) is 28.2. The molecule has 0 aliphatic heterocycles. The first-order chi connectivity index (χ1) is 40.7. The Balaban J connectivity index is 0.941. The quantitative estimate of drug-likeness (QED) is 0.149. The van der Waals surface area contributed by atoms with Crippen LogP contribution in [0.3, 0.4) is 0 Å². The summed E-state index contributed by atoms with van der Waals surface area (Å²) in [7, 11) is 0. The third-order valence-electron chi connectivity index (χ3n) is 17.3. The minimum Gasteiger partial charge on any atom is -0.456 e. The van der Waals surface area contributed by atoms with Crippen molar-refractivity contribution < 1.29 is 8.83 Å². The molecule has 15 aromatic carbocycles. The van der Waals surface area contributed by atoms with E-state index < -0.39 is 0 Å². The molecule has 0 N–H and O–H groups in total. The van der Waals surface area contributed by atoms with Gasteiger partial charge in [0.15, 0.2) is 0 Å². The highest BCUT2D eigenvalue weighted by molar-refractivity contribution is 6.25. The van der Waals surface area contributed by atoms with Gasteiger partial charge in [-0.2, -0.15) is 0 Å². The second-order valence-corrected chi connectivity index (χ2v) is 21.7. The van der Waals surface area contributed by atoms with E-state index in [1.807, 2.05) is 12.1 Å². The Morgan fingerprint density at radius 3 is 1.10 bits per heavy atom. The summed E-state index contributed by atoms with van der Waals surface area (Å²) in [6.45, 7) is 0. The monoisotopic (exact) mass is 1040 g/mol. The molecule has 17 rings (SSSR count). The van der Waals surface area contributed by atoms with Gasteiger partial charge in [0, 0.05) is 21.5 Å². The molecular weight excluding hydrogens is 993 g/mol. The molecule has 0 unspecified atom stereocenters. The van der Waals surface area contributed by atoms with Gasteiger partial charge in [-0.3, -0.25) is 0 Å². The number of benzene rings is 15. The summed E-state index contributed by atoms with van der Waals surface area (Å²) >= 11 is 0. The zero-order valence-electron chi connectivity index (χ0n) is 44.5. The van der Waals surface area contributed by atoms with E-state index in [1.54, 1.807) is 0 Å². The van der Waals surface area contributed by atoms with Crippen LogP contribution in [0.4, 0.5) is 0 Å². The van der Waals surface area contributed by atoms with Gasteiger partial charge in [-0.25, -0.2) is 0 Å². The van der Waals surface area contributed by atoms with Gasteiger partial charge in [0.05, 0.1) is 0 Å². The van der Waals surface area contributed by atoms with Crippen molar-refractivity contribution in [3.8, 4) is 77.9 Å². The van der Waals surface area contributed by atoms with Crippen LogP contribution in [-0.2, 0) is 0 Å². The predicted molar refractivity (Wildman–Crippen MR) is 347 cm³/mol. The van der Waals surface area contributed by atoms with Gasteiger partial charge >= 0.3 is 0 Å². The van der Waals surface area contributed by atoms with Crippen LogP contribution in [0.1, 0.15) is 0 Å². The molecule has 2 heteroatoms. The lowest BCUT2D eigenvalue weighted by molar-refractivity contribution is 0.668. The van der Waals surface area contributed by atoms with Crippen molar-refractivity contribution in [1.29, 1.82) is 0 Å². The zero-order chi connectivity index (χ0) is 53.8. The minimum absolute atomic E-state index is 0.873. The third-order valence-corrected chi connectivity index (χ3v) is 17.3. The number of fused-ring (bicyclic) bond motifs is 11. The normalized spacial score (nSPS) is 11.9. The Kier molecular flexibility index (Phi) is 10.3. The summed E-state index contributed by atoms with van der Waals surface area (Å²) in [6, 6.07) is 107. The molecule has 0 aliphatic rings. The lowest BCUT2D eigenvalue weighted by Gasteiger charge is -2.21. The van der Waals surface area contributed by atoms with E-state index in [4.69, 9.17) is 8.83 Å². The van der Waals surface area contributed by atoms with Crippen LogP contribution in [0, 0.1) is 0 Å². The van der Waals surface area contributed by atoms with Crippen molar-refractivity contribution in [3.63, 3.8) is 0 Å². The first kappa shape index (κ1) is 46.1. The summed E-state index contributed by atoms with van der Waals surface area (Å²) in [5, 5.41) is 16.4. The first-order valence-corrected chi connectivity index (χ1v) is 28.2. The fraction of sp³-hybridized carbons (Fsp3) is 0. The summed E-state index contributed by atoms with van der Waals surface area (Å²) in [6.07, 6.45) is 0. The average Bonchev–Trinajstić information content (AvgIpc) is 1.91. The minimum atomic E-state index is 0.873. The maximum Gasteiger partial charge on any atom is 0.136 e. The molecule has 0 aliphatic carbocycles. The van der Waals surface area contributed by atoms with Gasteiger partial charge in [0.25, 0.3) is 0 Å². The van der Waals surface area contributed by atoms with Crippen molar-refractivity contribution >= 4 is 97.7 Å². The number of furan rings is 2. The maximum atomic E-state index is 6.64. The van der Waals surface area contributed by atoms with Gasteiger partial charge in [-0.05, 0) is 180 Å². The molecule has 17 aromatic rings. The lowest BCUT2D eigenvalue weighted by Crippen LogP contribution is -1.94. The number of hydrogen-bond acceptors (Lipinski definition) is 2. The Morgan fingerprint density at radius 1 is 0.159 bits per heavy atom. The van der Waals surface area contributed by atoms with E-state index in [2.05, 4.69) is 279 Å². The maximum absolute atomic E-state index is 6.64. The Morgan fingerprint density at radius 2 is 0.512 bits per heavy atom. The molecule has 0 bridgehead atoms. The average molecular weight is 1040 g/mol. The van der Waals surface area contributed by atoms with Crippen molar-refractivity contribution in [2.45, 2.75) is 0 Å². The molecule has 2 aromatic heterocycles. The molecule has 0 atom stereocenters. The van der Waals surface area contributed by atoms with Crippen LogP contribution >= 0.6 is 0 Å². The van der Waals surface area contributed by atoms with Crippen LogP contribution < -0.4 is 0 Å². The van der Waals surface area contributed by atoms with Gasteiger partial charge in [-0.15, -0.1) is 0 Å². The summed E-state index contributed by atoms with van der Waals surface area (Å²) in [5.41, 5.74) is 20.0. The second-order valence-electron chi connectivity index (χ2n) is 21.7. The molecule has 82 heavy (non-hydrogen) atoms. The molecule has 2 nitrogen and oxygen atoms in total. The highest BCUT2D eigenvalue weighted by Gasteiger charge is 2.23. The molecule has 2 heterocycles. The molecule has 0 spiro atoms. The fourth-order valence-corrected chi connectivity index (χ4v) is 13.6. The topological polar surface area (TPSA) is 26.3 Å². The SMILES string of the molecule is c1ccc(-c2ccc(-c3c4ccccc4c(-c4ccc5c(c4)oc4ccccc45)c4cc(-c5ccc6c(-c7ccccc7-c7cccc8ccccc78)c7ccccc7c(-c7ccc8c(c7)oc7ccccc78)c6c5)ccc34)cc2)cc1. The Bertz CT molecular complexity index is 5440. The van der Waals surface area contributed by atoms with Crippen LogP contribution in [0.15, 0.2) is 300 Å². The van der Waals surface area contributed by atoms with Gasteiger partial charge in [0.1, 0.15) is 22.3 Å². The van der Waals surface area contributed by atoms with E-state index in [0.717, 1.165) is 66.1 Å². The number of para-hydroxylation sites is 2. The highest BCUT2D eigenvalue weighted by Crippen LogP contribution is 2.50. The van der Waals surface area contributed by atoms with E-state index in [0.29, 0.717) is 0 Å². The van der Waals surface area contributed by atoms with Crippen molar-refractivity contribution in [2.75, 3.05) is 0 Å². The predicted octanol–water partition coefficient (Wildman–Crippen LogP) is 22.9. The summed E-state index contributed by atoms with van der Waals surface area (Å²) < 4.78 is 13.3. The van der Waals surface area contributed by atoms with E-state index in [1.165, 1.54) is 109 Å². The lowest BCUT2D eigenvalue weighted by atomic mass is 9.82. The van der Waals surface area contributed by atoms with Gasteiger partial charge in [0.2, 0.25) is 0 Å². The zero-order valence-corrected chi connectivity index (χ0v) is 44.5. The highest BCUT2D eigenvalue weighted by atomic mass is 16.3. The molecule has 0 saturated heterocycles. The third kappa shape index (κ3) is 7.22. The molecule has 0 radical (unpaired) electrons. The summed E-state index contributed by atoms with van der Waals surface area (Å²) in [4.78, 5) is 0. The van der Waals surface area contributed by atoms with E-state index in [-0.39, 0.29) is 0 Å². The molecular formula is C80H48O2. The smallest absolute Gasteiger partial charge is 0.136 e. The van der Waals surface area contributed by atoms with Crippen molar-refractivity contribution in [2.24, 2.45) is 0 Å². The Hall–Kier alpha value is -10.8. The van der Waals surface area contributed by atoms with Crippen LogP contribution in [-0.4, -0.2) is 0 Å². The second kappa shape index (κ2) is 18.4. The molecule has 0 fully saturated rings. The van der Waals surface area contributed by atoms with Crippen molar-refractivity contribution in [3.05, 3.63) is 291 Å². The van der Waals surface area contributed by atoms with Crippen molar-refractivity contribution in [1.82, 2.24) is 0 Å². The number of hydrogen-bond donors (Lipinski definition) is 0. The fourth-order valence-electron chi connectivity index (χ4n) is 13.6.